The van der Waals surface area contributed by atoms with Gasteiger partial charge in [-0.1, -0.05) is 23.2 Å². The third kappa shape index (κ3) is 2.50. The van der Waals surface area contributed by atoms with Crippen molar-refractivity contribution < 1.29 is 4.79 Å². The molecule has 0 saturated carbocycles. The summed E-state index contributed by atoms with van der Waals surface area (Å²) in [6.07, 6.45) is 1.55. The molecule has 98 valence electrons. The fourth-order valence-electron chi connectivity index (χ4n) is 1.73. The number of hydrogen-bond donors (Lipinski definition) is 2. The molecule has 6 heteroatoms. The van der Waals surface area contributed by atoms with Crippen LogP contribution < -0.4 is 11.5 Å². The molecule has 0 fully saturated rings. The van der Waals surface area contributed by atoms with Crippen LogP contribution in [0.2, 0.25) is 10.0 Å². The molecule has 1 aromatic heterocycles. The Labute approximate surface area is 120 Å². The van der Waals surface area contributed by atoms with Crippen LogP contribution in [0.4, 0.5) is 11.5 Å². The van der Waals surface area contributed by atoms with Gasteiger partial charge in [0.1, 0.15) is 5.82 Å². The van der Waals surface area contributed by atoms with Gasteiger partial charge in [-0.15, -0.1) is 0 Å². The summed E-state index contributed by atoms with van der Waals surface area (Å²) in [7, 11) is 0. The summed E-state index contributed by atoms with van der Waals surface area (Å²) in [5, 5.41) is 0.465. The van der Waals surface area contributed by atoms with E-state index in [2.05, 4.69) is 4.98 Å². The van der Waals surface area contributed by atoms with Gasteiger partial charge in [0.2, 0.25) is 0 Å². The second-order valence-electron chi connectivity index (χ2n) is 4.07. The lowest BCUT2D eigenvalue weighted by molar-refractivity contribution is 0.103. The first-order valence-corrected chi connectivity index (χ1v) is 6.17. The summed E-state index contributed by atoms with van der Waals surface area (Å²) in [5.74, 6) is -0.110. The molecular weight excluding hydrogens is 285 g/mol. The van der Waals surface area contributed by atoms with Crippen molar-refractivity contribution in [2.75, 3.05) is 11.5 Å². The summed E-state index contributed by atoms with van der Waals surface area (Å²) < 4.78 is 0. The smallest absolute Gasteiger partial charge is 0.197 e. The summed E-state index contributed by atoms with van der Waals surface area (Å²) in [4.78, 5) is 16.3. The summed E-state index contributed by atoms with van der Waals surface area (Å²) in [6.45, 7) is 1.78. The Hall–Kier alpha value is -1.78. The molecule has 0 saturated heterocycles. The maximum absolute atomic E-state index is 12.4. The van der Waals surface area contributed by atoms with Crippen molar-refractivity contribution in [2.24, 2.45) is 0 Å². The standard InChI is InChI=1S/C13H11Cl2N3O/c1-6-2-3-18-13(17)10(6)12(19)7-4-8(14)11(16)9(15)5-7/h2-5H,16H2,1H3,(H2,17,18). The Morgan fingerprint density at radius 3 is 2.32 bits per heavy atom. The Kier molecular flexibility index (Phi) is 3.64. The van der Waals surface area contributed by atoms with Crippen LogP contribution in [0.15, 0.2) is 24.4 Å². The molecule has 0 aliphatic heterocycles. The van der Waals surface area contributed by atoms with E-state index in [1.165, 1.54) is 12.1 Å². The highest BCUT2D eigenvalue weighted by atomic mass is 35.5. The molecule has 4 N–H and O–H groups in total. The SMILES string of the molecule is Cc1ccnc(N)c1C(=O)c1cc(Cl)c(N)c(Cl)c1. The second-order valence-corrected chi connectivity index (χ2v) is 4.89. The number of carbonyl (C=O) groups excluding carboxylic acids is 1. The highest BCUT2D eigenvalue weighted by molar-refractivity contribution is 6.39. The molecule has 0 aliphatic rings. The molecule has 0 unspecified atom stereocenters. The van der Waals surface area contributed by atoms with E-state index in [1.807, 2.05) is 0 Å². The number of halogens is 2. The van der Waals surface area contributed by atoms with Crippen LogP contribution in [-0.2, 0) is 0 Å². The van der Waals surface area contributed by atoms with Crippen molar-refractivity contribution in [1.82, 2.24) is 4.98 Å². The van der Waals surface area contributed by atoms with Crippen molar-refractivity contribution in [3.8, 4) is 0 Å². The van der Waals surface area contributed by atoms with E-state index in [0.717, 1.165) is 5.56 Å². The van der Waals surface area contributed by atoms with E-state index in [4.69, 9.17) is 34.7 Å². The molecule has 4 nitrogen and oxygen atoms in total. The van der Waals surface area contributed by atoms with Crippen LogP contribution in [0.3, 0.4) is 0 Å². The van der Waals surface area contributed by atoms with Crippen molar-refractivity contribution in [2.45, 2.75) is 6.92 Å². The Morgan fingerprint density at radius 2 is 1.79 bits per heavy atom. The monoisotopic (exact) mass is 295 g/mol. The molecular formula is C13H11Cl2N3O. The Balaban J connectivity index is 2.57. The van der Waals surface area contributed by atoms with E-state index in [1.54, 1.807) is 19.2 Å². The third-order valence-corrected chi connectivity index (χ3v) is 3.38. The predicted molar refractivity (Wildman–Crippen MR) is 77.7 cm³/mol. The quantitative estimate of drug-likeness (QED) is 0.659. The number of nitrogen functional groups attached to an aromatic ring is 2. The third-order valence-electron chi connectivity index (χ3n) is 2.76. The first-order chi connectivity index (χ1) is 8.91. The minimum atomic E-state index is -0.285. The summed E-state index contributed by atoms with van der Waals surface area (Å²) in [6, 6.07) is 4.65. The fraction of sp³-hybridized carbons (Fsp3) is 0.0769. The highest BCUT2D eigenvalue weighted by Gasteiger charge is 2.18. The number of rotatable bonds is 2. The van der Waals surface area contributed by atoms with Crippen LogP contribution >= 0.6 is 23.2 Å². The predicted octanol–water partition coefficient (Wildman–Crippen LogP) is 3.09. The molecule has 19 heavy (non-hydrogen) atoms. The van der Waals surface area contributed by atoms with Crippen LogP contribution in [-0.4, -0.2) is 10.8 Å². The van der Waals surface area contributed by atoms with Crippen LogP contribution in [0.1, 0.15) is 21.5 Å². The van der Waals surface area contributed by atoms with Crippen molar-refractivity contribution in [3.05, 3.63) is 51.1 Å². The van der Waals surface area contributed by atoms with Gasteiger partial charge in [-0.3, -0.25) is 4.79 Å². The molecule has 0 atom stereocenters. The Bertz CT molecular complexity index is 628. The Morgan fingerprint density at radius 1 is 1.21 bits per heavy atom. The van der Waals surface area contributed by atoms with Gasteiger partial charge in [0.15, 0.2) is 5.78 Å². The summed E-state index contributed by atoms with van der Waals surface area (Å²) >= 11 is 11.8. The van der Waals surface area contributed by atoms with Crippen molar-refractivity contribution in [1.29, 1.82) is 0 Å². The lowest BCUT2D eigenvalue weighted by atomic mass is 10.00. The minimum absolute atomic E-state index is 0.175. The van der Waals surface area contributed by atoms with Crippen molar-refractivity contribution in [3.63, 3.8) is 0 Å². The maximum Gasteiger partial charge on any atom is 0.197 e. The lowest BCUT2D eigenvalue weighted by Crippen LogP contribution is -2.09. The van der Waals surface area contributed by atoms with Crippen LogP contribution in [0, 0.1) is 6.92 Å². The average Bonchev–Trinajstić information content (AvgIpc) is 2.35. The number of nitrogens with two attached hydrogens (primary N) is 2. The summed E-state index contributed by atoms with van der Waals surface area (Å²) in [5.41, 5.74) is 13.0. The fourth-order valence-corrected chi connectivity index (χ4v) is 2.22. The number of ketones is 1. The van der Waals surface area contributed by atoms with Gasteiger partial charge in [-0.2, -0.15) is 0 Å². The average molecular weight is 296 g/mol. The molecule has 0 radical (unpaired) electrons. The van der Waals surface area contributed by atoms with Gasteiger partial charge in [0.25, 0.3) is 0 Å². The molecule has 0 spiro atoms. The lowest BCUT2D eigenvalue weighted by Gasteiger charge is -2.09. The van der Waals surface area contributed by atoms with Gasteiger partial charge < -0.3 is 11.5 Å². The number of pyridine rings is 1. The van der Waals surface area contributed by atoms with Crippen LogP contribution in [0.25, 0.3) is 0 Å². The van der Waals surface area contributed by atoms with E-state index >= 15 is 0 Å². The van der Waals surface area contributed by atoms with Crippen LogP contribution in [0.5, 0.6) is 0 Å². The molecule has 1 heterocycles. The molecule has 2 aromatic rings. The molecule has 1 aromatic carbocycles. The second kappa shape index (κ2) is 5.07. The number of aromatic nitrogens is 1. The van der Waals surface area contributed by atoms with Gasteiger partial charge in [-0.05, 0) is 30.7 Å². The van der Waals surface area contributed by atoms with E-state index < -0.39 is 0 Å². The van der Waals surface area contributed by atoms with E-state index in [9.17, 15) is 4.79 Å². The zero-order valence-electron chi connectivity index (χ0n) is 10.1. The number of aryl methyl sites for hydroxylation is 1. The molecule has 0 amide bonds. The molecule has 2 rings (SSSR count). The van der Waals surface area contributed by atoms with Gasteiger partial charge >= 0.3 is 0 Å². The molecule has 0 bridgehead atoms. The topological polar surface area (TPSA) is 82.0 Å². The van der Waals surface area contributed by atoms with E-state index in [-0.39, 0.29) is 27.3 Å². The first kappa shape index (κ1) is 13.6. The van der Waals surface area contributed by atoms with Gasteiger partial charge in [0.05, 0.1) is 21.3 Å². The zero-order chi connectivity index (χ0) is 14.2. The minimum Gasteiger partial charge on any atom is -0.396 e. The number of benzene rings is 1. The largest absolute Gasteiger partial charge is 0.396 e. The zero-order valence-corrected chi connectivity index (χ0v) is 11.6. The number of nitrogens with zero attached hydrogens (tertiary/aromatic N) is 1. The number of carbonyl (C=O) groups is 1. The van der Waals surface area contributed by atoms with Crippen molar-refractivity contribution >= 4 is 40.5 Å². The number of anilines is 2. The highest BCUT2D eigenvalue weighted by Crippen LogP contribution is 2.30. The number of hydrogen-bond acceptors (Lipinski definition) is 4. The molecule has 0 aliphatic carbocycles. The first-order valence-electron chi connectivity index (χ1n) is 5.42. The van der Waals surface area contributed by atoms with Gasteiger partial charge in [0, 0.05) is 11.8 Å². The maximum atomic E-state index is 12.4. The normalized spacial score (nSPS) is 10.5. The van der Waals surface area contributed by atoms with E-state index in [0.29, 0.717) is 11.1 Å². The van der Waals surface area contributed by atoms with Gasteiger partial charge in [-0.25, -0.2) is 4.98 Å².